The Morgan fingerprint density at radius 2 is 1.70 bits per heavy atom. The molecule has 0 aliphatic heterocycles. The highest BCUT2D eigenvalue weighted by atomic mass is 35.5. The van der Waals surface area contributed by atoms with Crippen molar-refractivity contribution in [3.05, 3.63) is 94.5 Å². The molecule has 3 aromatic carbocycles. The summed E-state index contributed by atoms with van der Waals surface area (Å²) in [7, 11) is 0. The second-order valence-electron chi connectivity index (χ2n) is 6.55. The molecule has 3 rings (SSSR count). The molecule has 0 saturated heterocycles. The minimum absolute atomic E-state index is 0.103. The molecule has 0 aliphatic rings. The predicted molar refractivity (Wildman–Crippen MR) is 116 cm³/mol. The number of carbonyl (C=O) groups is 3. The number of rotatable bonds is 6. The van der Waals surface area contributed by atoms with E-state index in [0.29, 0.717) is 21.8 Å². The Kier molecular flexibility index (Phi) is 6.49. The van der Waals surface area contributed by atoms with Crippen LogP contribution in [-0.4, -0.2) is 17.7 Å². The van der Waals surface area contributed by atoms with E-state index in [0.717, 1.165) is 0 Å². The van der Waals surface area contributed by atoms with Crippen molar-refractivity contribution < 1.29 is 19.1 Å². The molecule has 0 bridgehead atoms. The molecule has 3 aromatic rings. The van der Waals surface area contributed by atoms with E-state index < -0.39 is 18.0 Å². The third-order valence-corrected chi connectivity index (χ3v) is 4.57. The van der Waals surface area contributed by atoms with Crippen LogP contribution in [0.25, 0.3) is 0 Å². The quantitative estimate of drug-likeness (QED) is 0.342. The minimum Gasteiger partial charge on any atom is -0.444 e. The van der Waals surface area contributed by atoms with E-state index in [-0.39, 0.29) is 17.0 Å². The fraction of sp³-hybridized carbons (Fsp3) is 0.0870. The molecular weight excluding hydrogens is 404 g/mol. The van der Waals surface area contributed by atoms with Gasteiger partial charge in [-0.2, -0.15) is 0 Å². The maximum absolute atomic E-state index is 13.0. The maximum atomic E-state index is 13.0. The average molecular weight is 423 g/mol. The van der Waals surface area contributed by atoms with Gasteiger partial charge in [0.25, 0.3) is 5.91 Å². The highest BCUT2D eigenvalue weighted by Crippen LogP contribution is 2.25. The van der Waals surface area contributed by atoms with Crippen molar-refractivity contribution in [1.29, 1.82) is 0 Å². The lowest BCUT2D eigenvalue weighted by Gasteiger charge is -2.19. The van der Waals surface area contributed by atoms with Crippen molar-refractivity contribution in [3.63, 3.8) is 0 Å². The number of benzene rings is 3. The van der Waals surface area contributed by atoms with Crippen LogP contribution in [0.4, 0.5) is 11.4 Å². The molecule has 0 heterocycles. The van der Waals surface area contributed by atoms with Gasteiger partial charge in [-0.1, -0.05) is 54.1 Å². The summed E-state index contributed by atoms with van der Waals surface area (Å²) in [6, 6.07) is 19.5. The van der Waals surface area contributed by atoms with Gasteiger partial charge >= 0.3 is 5.97 Å². The van der Waals surface area contributed by atoms with Gasteiger partial charge in [0.05, 0.1) is 5.56 Å². The fourth-order valence-electron chi connectivity index (χ4n) is 2.81. The number of anilines is 2. The van der Waals surface area contributed by atoms with Crippen LogP contribution in [0, 0.1) is 0 Å². The first-order valence-electron chi connectivity index (χ1n) is 9.08. The van der Waals surface area contributed by atoms with Crippen LogP contribution in [0.5, 0.6) is 0 Å². The highest BCUT2D eigenvalue weighted by Gasteiger charge is 2.26. The molecule has 0 saturated carbocycles. The molecule has 0 fully saturated rings. The molecule has 1 unspecified atom stereocenters. The molecule has 0 aromatic heterocycles. The molecule has 0 aliphatic carbocycles. The predicted octanol–water partition coefficient (Wildman–Crippen LogP) is 4.66. The zero-order valence-corrected chi connectivity index (χ0v) is 16.8. The van der Waals surface area contributed by atoms with Gasteiger partial charge < -0.3 is 15.8 Å². The Hall–Kier alpha value is -3.64. The van der Waals surface area contributed by atoms with Crippen molar-refractivity contribution in [2.45, 2.75) is 13.0 Å². The van der Waals surface area contributed by atoms with Crippen LogP contribution < -0.4 is 11.1 Å². The number of nitrogen functional groups attached to an aromatic ring is 1. The van der Waals surface area contributed by atoms with E-state index in [1.165, 1.54) is 25.1 Å². The topological polar surface area (TPSA) is 98.5 Å². The van der Waals surface area contributed by atoms with Gasteiger partial charge in [-0.05, 0) is 37.3 Å². The number of nitrogens with one attached hydrogen (secondary N) is 1. The minimum atomic E-state index is -1.23. The molecule has 6 nitrogen and oxygen atoms in total. The average Bonchev–Trinajstić information content (AvgIpc) is 2.72. The van der Waals surface area contributed by atoms with Gasteiger partial charge in [0, 0.05) is 27.5 Å². The SMILES string of the molecule is CC(=O)c1cccc(NC(=O)C(OC(=O)c2ccc(Cl)cc2N)c2ccccc2)c1. The molecule has 30 heavy (non-hydrogen) atoms. The first-order valence-corrected chi connectivity index (χ1v) is 9.46. The first-order chi connectivity index (χ1) is 14.3. The van der Waals surface area contributed by atoms with Gasteiger partial charge in [-0.15, -0.1) is 0 Å². The van der Waals surface area contributed by atoms with Crippen LogP contribution in [0.1, 0.15) is 39.3 Å². The van der Waals surface area contributed by atoms with Crippen LogP contribution in [-0.2, 0) is 9.53 Å². The molecule has 3 N–H and O–H groups in total. The summed E-state index contributed by atoms with van der Waals surface area (Å²) in [5.74, 6) is -1.45. The van der Waals surface area contributed by atoms with Crippen molar-refractivity contribution >= 4 is 40.6 Å². The normalized spacial score (nSPS) is 11.4. The lowest BCUT2D eigenvalue weighted by molar-refractivity contribution is -0.125. The maximum Gasteiger partial charge on any atom is 0.341 e. The molecule has 0 radical (unpaired) electrons. The van der Waals surface area contributed by atoms with Crippen molar-refractivity contribution in [1.82, 2.24) is 0 Å². The summed E-state index contributed by atoms with van der Waals surface area (Å²) in [4.78, 5) is 37.3. The van der Waals surface area contributed by atoms with Crippen LogP contribution in [0.2, 0.25) is 5.02 Å². The third-order valence-electron chi connectivity index (χ3n) is 4.34. The van der Waals surface area contributed by atoms with Crippen LogP contribution >= 0.6 is 11.6 Å². The number of Topliss-reactive ketones (excluding diaryl/α,β-unsaturated/α-hetero) is 1. The zero-order valence-electron chi connectivity index (χ0n) is 16.1. The Bertz CT molecular complexity index is 1100. The smallest absolute Gasteiger partial charge is 0.341 e. The van der Waals surface area contributed by atoms with Crippen molar-refractivity contribution in [2.24, 2.45) is 0 Å². The second-order valence-corrected chi connectivity index (χ2v) is 6.99. The Morgan fingerprint density at radius 1 is 0.967 bits per heavy atom. The van der Waals surface area contributed by atoms with Crippen LogP contribution in [0.3, 0.4) is 0 Å². The largest absolute Gasteiger partial charge is 0.444 e. The summed E-state index contributed by atoms with van der Waals surface area (Å²) >= 11 is 5.88. The lowest BCUT2D eigenvalue weighted by Crippen LogP contribution is -2.26. The highest BCUT2D eigenvalue weighted by molar-refractivity contribution is 6.31. The van der Waals surface area contributed by atoms with Crippen LogP contribution in [0.15, 0.2) is 72.8 Å². The number of ether oxygens (including phenoxy) is 1. The fourth-order valence-corrected chi connectivity index (χ4v) is 3.00. The van der Waals surface area contributed by atoms with Gasteiger partial charge in [-0.3, -0.25) is 9.59 Å². The number of hydrogen-bond donors (Lipinski definition) is 2. The van der Waals surface area contributed by atoms with E-state index in [4.69, 9.17) is 22.1 Å². The number of hydrogen-bond acceptors (Lipinski definition) is 5. The van der Waals surface area contributed by atoms with Gasteiger partial charge in [-0.25, -0.2) is 4.79 Å². The number of halogens is 1. The van der Waals surface area contributed by atoms with E-state index in [2.05, 4.69) is 5.32 Å². The van der Waals surface area contributed by atoms with Gasteiger partial charge in [0.1, 0.15) is 0 Å². The lowest BCUT2D eigenvalue weighted by atomic mass is 10.1. The van der Waals surface area contributed by atoms with Crippen molar-refractivity contribution in [2.75, 3.05) is 11.1 Å². The van der Waals surface area contributed by atoms with Crippen molar-refractivity contribution in [3.8, 4) is 0 Å². The molecule has 152 valence electrons. The molecule has 1 amide bonds. The molecular formula is C23H19ClN2O4. The Balaban J connectivity index is 1.87. The standard InChI is InChI=1S/C23H19ClN2O4/c1-14(27)16-8-5-9-18(12-16)26-22(28)21(15-6-3-2-4-7-15)30-23(29)19-11-10-17(24)13-20(19)25/h2-13,21H,25H2,1H3,(H,26,28). The Labute approximate surface area is 178 Å². The number of nitrogens with two attached hydrogens (primary N) is 1. The first kappa shape index (κ1) is 21.1. The summed E-state index contributed by atoms with van der Waals surface area (Å²) in [6.45, 7) is 1.44. The zero-order chi connectivity index (χ0) is 21.7. The number of ketones is 1. The summed E-state index contributed by atoms with van der Waals surface area (Å²) in [5, 5.41) is 3.08. The Morgan fingerprint density at radius 3 is 2.37 bits per heavy atom. The third kappa shape index (κ3) is 5.04. The van der Waals surface area contributed by atoms with E-state index in [9.17, 15) is 14.4 Å². The second kappa shape index (κ2) is 9.24. The number of amides is 1. The monoisotopic (exact) mass is 422 g/mol. The number of carbonyl (C=O) groups excluding carboxylic acids is 3. The summed E-state index contributed by atoms with van der Waals surface area (Å²) in [6.07, 6.45) is -1.23. The van der Waals surface area contributed by atoms with Gasteiger partial charge in [0.15, 0.2) is 5.78 Å². The molecule has 0 spiro atoms. The summed E-state index contributed by atoms with van der Waals surface area (Å²) in [5.41, 5.74) is 7.47. The summed E-state index contributed by atoms with van der Waals surface area (Å²) < 4.78 is 5.51. The number of esters is 1. The van der Waals surface area contributed by atoms with E-state index >= 15 is 0 Å². The molecule has 1 atom stereocenters. The van der Waals surface area contributed by atoms with E-state index in [1.54, 1.807) is 54.6 Å². The molecule has 7 heteroatoms. The van der Waals surface area contributed by atoms with E-state index in [1.807, 2.05) is 0 Å². The van der Waals surface area contributed by atoms with Gasteiger partial charge in [0.2, 0.25) is 6.10 Å².